The Labute approximate surface area is 188 Å². The molecule has 31 heavy (non-hydrogen) atoms. The van der Waals surface area contributed by atoms with Crippen LogP contribution < -0.4 is 0 Å². The van der Waals surface area contributed by atoms with Crippen LogP contribution in [-0.4, -0.2) is 55.1 Å². The van der Waals surface area contributed by atoms with Crippen molar-refractivity contribution in [3.63, 3.8) is 0 Å². The van der Waals surface area contributed by atoms with Gasteiger partial charge in [0.2, 0.25) is 5.91 Å². The molecule has 5 heteroatoms. The Morgan fingerprint density at radius 1 is 1.10 bits per heavy atom. The van der Waals surface area contributed by atoms with E-state index in [-0.39, 0.29) is 29.8 Å². The molecular formula is C26H43NO4. The summed E-state index contributed by atoms with van der Waals surface area (Å²) in [4.78, 5) is 14.7. The molecule has 7 atom stereocenters. The molecule has 1 saturated heterocycles. The summed E-state index contributed by atoms with van der Waals surface area (Å²) in [6, 6.07) is 0. The fourth-order valence-corrected chi connectivity index (χ4v) is 7.01. The van der Waals surface area contributed by atoms with Crippen molar-refractivity contribution >= 4 is 5.91 Å². The predicted molar refractivity (Wildman–Crippen MR) is 121 cm³/mol. The van der Waals surface area contributed by atoms with Gasteiger partial charge in [0.05, 0.1) is 17.6 Å². The minimum Gasteiger partial charge on any atom is -0.393 e. The molecular weight excluding hydrogens is 390 g/mol. The average molecular weight is 434 g/mol. The smallest absolute Gasteiger partial charge is 0.231 e. The minimum atomic E-state index is -0.427. The van der Waals surface area contributed by atoms with Crippen LogP contribution in [0.4, 0.5) is 0 Å². The molecule has 0 bridgehead atoms. The van der Waals surface area contributed by atoms with E-state index in [0.717, 1.165) is 58.0 Å². The van der Waals surface area contributed by atoms with Crippen molar-refractivity contribution in [1.82, 2.24) is 4.90 Å². The summed E-state index contributed by atoms with van der Waals surface area (Å²) in [6.07, 6.45) is 14.5. The molecule has 4 fully saturated rings. The van der Waals surface area contributed by atoms with Gasteiger partial charge < -0.3 is 19.5 Å². The Morgan fingerprint density at radius 3 is 2.52 bits per heavy atom. The Morgan fingerprint density at radius 2 is 1.87 bits per heavy atom. The maximum absolute atomic E-state index is 13.0. The molecule has 4 unspecified atom stereocenters. The Hall–Kier alpha value is -0.910. The SMILES string of the molecule is C[C@H](/C=C/C(OC1CCCCO1)C1(C(=O)N(C)C)CC1)C1CCC2[C@@H](O)CCC[C@]12C. The van der Waals surface area contributed by atoms with Crippen molar-refractivity contribution in [1.29, 1.82) is 0 Å². The van der Waals surface area contributed by atoms with E-state index in [9.17, 15) is 9.90 Å². The summed E-state index contributed by atoms with van der Waals surface area (Å²) < 4.78 is 12.3. The molecule has 1 N–H and O–H groups in total. The first-order valence-electron chi connectivity index (χ1n) is 12.6. The van der Waals surface area contributed by atoms with Gasteiger partial charge in [0.25, 0.3) is 0 Å². The Kier molecular flexibility index (Phi) is 6.86. The van der Waals surface area contributed by atoms with Crippen LogP contribution in [0.25, 0.3) is 0 Å². The predicted octanol–water partition coefficient (Wildman–Crippen LogP) is 4.54. The van der Waals surface area contributed by atoms with E-state index < -0.39 is 5.41 Å². The maximum Gasteiger partial charge on any atom is 0.231 e. The number of carbonyl (C=O) groups excluding carboxylic acids is 1. The lowest BCUT2D eigenvalue weighted by Crippen LogP contribution is -2.42. The molecule has 0 spiro atoms. The van der Waals surface area contributed by atoms with Crippen molar-refractivity contribution < 1.29 is 19.4 Å². The molecule has 1 heterocycles. The molecule has 3 saturated carbocycles. The number of fused-ring (bicyclic) bond motifs is 1. The molecule has 1 aliphatic heterocycles. The number of amides is 1. The average Bonchev–Trinajstić information content (AvgIpc) is 3.47. The van der Waals surface area contributed by atoms with Crippen LogP contribution >= 0.6 is 0 Å². The van der Waals surface area contributed by atoms with E-state index in [4.69, 9.17) is 9.47 Å². The van der Waals surface area contributed by atoms with Crippen molar-refractivity contribution in [2.24, 2.45) is 28.6 Å². The lowest BCUT2D eigenvalue weighted by Gasteiger charge is -2.44. The quantitative estimate of drug-likeness (QED) is 0.599. The highest BCUT2D eigenvalue weighted by Crippen LogP contribution is 2.58. The second-order valence-electron chi connectivity index (χ2n) is 11.2. The van der Waals surface area contributed by atoms with Crippen molar-refractivity contribution in [3.05, 3.63) is 12.2 Å². The van der Waals surface area contributed by atoms with Crippen LogP contribution in [0.1, 0.15) is 78.1 Å². The van der Waals surface area contributed by atoms with Crippen molar-refractivity contribution in [2.45, 2.75) is 96.6 Å². The van der Waals surface area contributed by atoms with Crippen LogP contribution in [0.5, 0.6) is 0 Å². The minimum absolute atomic E-state index is 0.132. The monoisotopic (exact) mass is 433 g/mol. The second kappa shape index (κ2) is 9.15. The van der Waals surface area contributed by atoms with Gasteiger partial charge in [-0.3, -0.25) is 4.79 Å². The van der Waals surface area contributed by atoms with Crippen LogP contribution in [-0.2, 0) is 14.3 Å². The van der Waals surface area contributed by atoms with Gasteiger partial charge in [-0.05, 0) is 81.0 Å². The molecule has 0 aromatic carbocycles. The third-order valence-electron chi connectivity index (χ3n) is 8.99. The molecule has 1 amide bonds. The third-order valence-corrected chi connectivity index (χ3v) is 8.99. The van der Waals surface area contributed by atoms with Gasteiger partial charge in [-0.25, -0.2) is 0 Å². The number of allylic oxidation sites excluding steroid dienone is 1. The molecule has 4 aliphatic rings. The number of nitrogens with zero attached hydrogens (tertiary/aromatic N) is 1. The van der Waals surface area contributed by atoms with Gasteiger partial charge >= 0.3 is 0 Å². The normalized spacial score (nSPS) is 39.1. The molecule has 5 nitrogen and oxygen atoms in total. The lowest BCUT2D eigenvalue weighted by atomic mass is 9.62. The molecule has 176 valence electrons. The Balaban J connectivity index is 1.50. The fraction of sp³-hybridized carbons (Fsp3) is 0.885. The van der Waals surface area contributed by atoms with Gasteiger partial charge in [0.1, 0.15) is 0 Å². The summed E-state index contributed by atoms with van der Waals surface area (Å²) >= 11 is 0. The number of aliphatic hydroxyl groups is 1. The van der Waals surface area contributed by atoms with Crippen LogP contribution in [0.2, 0.25) is 0 Å². The first-order chi connectivity index (χ1) is 14.8. The van der Waals surface area contributed by atoms with E-state index in [1.807, 2.05) is 14.1 Å². The second-order valence-corrected chi connectivity index (χ2v) is 11.2. The van der Waals surface area contributed by atoms with Gasteiger partial charge in [-0.2, -0.15) is 0 Å². The van der Waals surface area contributed by atoms with Gasteiger partial charge in [0.15, 0.2) is 6.29 Å². The standard InChI is InChI=1S/C26H43NO4/c1-18(19-11-12-20-21(28)8-7-14-25(19,20)2)10-13-22(31-23-9-5-6-17-30-23)26(15-16-26)24(29)27(3)4/h10,13,18-23,28H,5-9,11-12,14-17H2,1-4H3/b13-10+/t18-,19?,20?,21+,22?,23?,25-/m1/s1. The number of carbonyl (C=O) groups is 1. The van der Waals surface area contributed by atoms with E-state index >= 15 is 0 Å². The molecule has 0 radical (unpaired) electrons. The number of hydrogen-bond acceptors (Lipinski definition) is 4. The Bertz CT molecular complexity index is 666. The van der Waals surface area contributed by atoms with Gasteiger partial charge in [-0.1, -0.05) is 32.4 Å². The zero-order chi connectivity index (χ0) is 22.2. The number of ether oxygens (including phenoxy) is 2. The van der Waals surface area contributed by atoms with E-state index in [2.05, 4.69) is 26.0 Å². The van der Waals surface area contributed by atoms with Crippen LogP contribution in [0, 0.1) is 28.6 Å². The van der Waals surface area contributed by atoms with Gasteiger partial charge in [0, 0.05) is 20.7 Å². The van der Waals surface area contributed by atoms with Crippen LogP contribution in [0.3, 0.4) is 0 Å². The van der Waals surface area contributed by atoms with E-state index in [1.54, 1.807) is 4.90 Å². The zero-order valence-corrected chi connectivity index (χ0v) is 20.0. The zero-order valence-electron chi connectivity index (χ0n) is 20.0. The highest BCUT2D eigenvalue weighted by Gasteiger charge is 2.57. The molecule has 0 aromatic heterocycles. The first kappa shape index (κ1) is 23.3. The van der Waals surface area contributed by atoms with Crippen LogP contribution in [0.15, 0.2) is 12.2 Å². The first-order valence-corrected chi connectivity index (χ1v) is 12.6. The van der Waals surface area contributed by atoms with Crippen molar-refractivity contribution in [3.8, 4) is 0 Å². The summed E-state index contributed by atoms with van der Waals surface area (Å²) in [5.74, 6) is 1.60. The summed E-state index contributed by atoms with van der Waals surface area (Å²) in [7, 11) is 3.69. The summed E-state index contributed by atoms with van der Waals surface area (Å²) in [5.41, 5.74) is -0.204. The summed E-state index contributed by atoms with van der Waals surface area (Å²) in [6.45, 7) is 5.47. The lowest BCUT2D eigenvalue weighted by molar-refractivity contribution is -0.193. The number of rotatable bonds is 7. The topological polar surface area (TPSA) is 59.0 Å². The fourth-order valence-electron chi connectivity index (χ4n) is 7.01. The number of aliphatic hydroxyl groups excluding tert-OH is 1. The molecule has 4 rings (SSSR count). The van der Waals surface area contributed by atoms with E-state index in [1.165, 1.54) is 12.8 Å². The largest absolute Gasteiger partial charge is 0.393 e. The highest BCUT2D eigenvalue weighted by molar-refractivity contribution is 5.86. The molecule has 3 aliphatic carbocycles. The van der Waals surface area contributed by atoms with Crippen molar-refractivity contribution in [2.75, 3.05) is 20.7 Å². The molecule has 0 aromatic rings. The number of hydrogen-bond donors (Lipinski definition) is 1. The highest BCUT2D eigenvalue weighted by atomic mass is 16.7. The maximum atomic E-state index is 13.0. The summed E-state index contributed by atoms with van der Waals surface area (Å²) in [5, 5.41) is 10.6. The third kappa shape index (κ3) is 4.47. The van der Waals surface area contributed by atoms with E-state index in [0.29, 0.717) is 17.8 Å². The van der Waals surface area contributed by atoms with Gasteiger partial charge in [-0.15, -0.1) is 0 Å².